The highest BCUT2D eigenvalue weighted by Gasteiger charge is 2.32. The van der Waals surface area contributed by atoms with Crippen molar-refractivity contribution >= 4 is 0 Å². The van der Waals surface area contributed by atoms with Gasteiger partial charge in [-0.1, -0.05) is 6.92 Å². The highest BCUT2D eigenvalue weighted by Crippen LogP contribution is 2.24. The number of nitrogens with one attached hydrogen (secondary N) is 1. The van der Waals surface area contributed by atoms with E-state index >= 15 is 0 Å². The van der Waals surface area contributed by atoms with Crippen LogP contribution in [-0.2, 0) is 4.74 Å². The Bertz CT molecular complexity index is 102. The molecule has 60 valence electrons. The van der Waals surface area contributed by atoms with Crippen LogP contribution in [0, 0.1) is 5.41 Å². The van der Waals surface area contributed by atoms with E-state index in [1.54, 1.807) is 0 Å². The van der Waals surface area contributed by atoms with E-state index in [9.17, 15) is 0 Å². The molecule has 0 unspecified atom stereocenters. The Morgan fingerprint density at radius 1 is 1.60 bits per heavy atom. The predicted molar refractivity (Wildman–Crippen MR) is 38.9 cm³/mol. The molecule has 1 rings (SSSR count). The van der Waals surface area contributed by atoms with E-state index in [0.717, 1.165) is 19.8 Å². The second-order valence-electron chi connectivity index (χ2n) is 3.20. The first-order chi connectivity index (χ1) is 4.77. The third-order valence-electron chi connectivity index (χ3n) is 1.74. The molecule has 10 heavy (non-hydrogen) atoms. The Morgan fingerprint density at radius 3 is 2.70 bits per heavy atom. The van der Waals surface area contributed by atoms with Gasteiger partial charge in [0.25, 0.3) is 0 Å². The van der Waals surface area contributed by atoms with Gasteiger partial charge < -0.3 is 15.2 Å². The van der Waals surface area contributed by atoms with Crippen molar-refractivity contribution < 1.29 is 9.84 Å². The van der Waals surface area contributed by atoms with Crippen molar-refractivity contribution in [2.75, 3.05) is 32.9 Å². The van der Waals surface area contributed by atoms with E-state index in [4.69, 9.17) is 9.84 Å². The Kier molecular flexibility index (Phi) is 2.65. The highest BCUT2D eigenvalue weighted by atomic mass is 16.5. The van der Waals surface area contributed by atoms with Crippen LogP contribution in [0.25, 0.3) is 0 Å². The van der Waals surface area contributed by atoms with E-state index in [1.807, 2.05) is 0 Å². The summed E-state index contributed by atoms with van der Waals surface area (Å²) in [4.78, 5) is 0. The van der Waals surface area contributed by atoms with Gasteiger partial charge >= 0.3 is 0 Å². The first kappa shape index (κ1) is 7.98. The van der Waals surface area contributed by atoms with Crippen molar-refractivity contribution in [3.05, 3.63) is 0 Å². The van der Waals surface area contributed by atoms with Gasteiger partial charge in [0, 0.05) is 18.5 Å². The summed E-state index contributed by atoms with van der Waals surface area (Å²) >= 11 is 0. The van der Waals surface area contributed by atoms with Crippen molar-refractivity contribution in [1.29, 1.82) is 0 Å². The summed E-state index contributed by atoms with van der Waals surface area (Å²) in [5.74, 6) is 0. The van der Waals surface area contributed by atoms with Gasteiger partial charge in [0.15, 0.2) is 0 Å². The lowest BCUT2D eigenvalue weighted by atomic mass is 9.89. The molecule has 0 spiro atoms. The van der Waals surface area contributed by atoms with Crippen LogP contribution < -0.4 is 5.32 Å². The first-order valence-corrected chi connectivity index (χ1v) is 3.66. The number of hydrogen-bond donors (Lipinski definition) is 2. The molecule has 1 aliphatic rings. The molecule has 1 aliphatic heterocycles. The fourth-order valence-electron chi connectivity index (χ4n) is 1.02. The third-order valence-corrected chi connectivity index (χ3v) is 1.74. The fraction of sp³-hybridized carbons (Fsp3) is 1.00. The number of hydrogen-bond acceptors (Lipinski definition) is 3. The molecule has 0 aromatic carbocycles. The lowest BCUT2D eigenvalue weighted by Crippen LogP contribution is -2.47. The second-order valence-corrected chi connectivity index (χ2v) is 3.20. The van der Waals surface area contributed by atoms with Crippen LogP contribution >= 0.6 is 0 Å². The molecule has 2 N–H and O–H groups in total. The van der Waals surface area contributed by atoms with E-state index in [2.05, 4.69) is 12.2 Å². The van der Waals surface area contributed by atoms with Gasteiger partial charge in [-0.05, 0) is 0 Å². The van der Waals surface area contributed by atoms with E-state index in [0.29, 0.717) is 12.0 Å². The molecule has 3 heteroatoms. The van der Waals surface area contributed by atoms with Gasteiger partial charge in [-0.2, -0.15) is 0 Å². The van der Waals surface area contributed by atoms with Gasteiger partial charge in [0.05, 0.1) is 19.8 Å². The van der Waals surface area contributed by atoms with Gasteiger partial charge in [0.2, 0.25) is 0 Å². The summed E-state index contributed by atoms with van der Waals surface area (Å²) in [7, 11) is 0. The van der Waals surface area contributed by atoms with Gasteiger partial charge in [0.1, 0.15) is 0 Å². The maximum Gasteiger partial charge on any atom is 0.0555 e. The average Bonchev–Trinajstić information content (AvgIpc) is 1.85. The second kappa shape index (κ2) is 3.32. The minimum Gasteiger partial charge on any atom is -0.395 e. The molecule has 3 nitrogen and oxygen atoms in total. The normalized spacial score (nSPS) is 22.2. The lowest BCUT2D eigenvalue weighted by Gasteiger charge is -2.38. The highest BCUT2D eigenvalue weighted by molar-refractivity contribution is 4.82. The van der Waals surface area contributed by atoms with Crippen LogP contribution in [0.4, 0.5) is 0 Å². The van der Waals surface area contributed by atoms with Gasteiger partial charge in [-0.3, -0.25) is 0 Å². The molecule has 0 bridgehead atoms. The Morgan fingerprint density at radius 2 is 2.30 bits per heavy atom. The molecule has 0 atom stereocenters. The standard InChI is InChI=1S/C7H15NO2/c1-7(5-10-6-7)4-8-2-3-9/h8-9H,2-6H2,1H3. The lowest BCUT2D eigenvalue weighted by molar-refractivity contribution is -0.0991. The monoisotopic (exact) mass is 145 g/mol. The van der Waals surface area contributed by atoms with E-state index in [-0.39, 0.29) is 6.61 Å². The van der Waals surface area contributed by atoms with Crippen LogP contribution in [0.1, 0.15) is 6.92 Å². The molecule has 0 aromatic rings. The maximum absolute atomic E-state index is 8.46. The molecular formula is C7H15NO2. The first-order valence-electron chi connectivity index (χ1n) is 3.66. The largest absolute Gasteiger partial charge is 0.395 e. The zero-order chi connectivity index (χ0) is 7.45. The summed E-state index contributed by atoms with van der Waals surface area (Å²) in [6, 6.07) is 0. The summed E-state index contributed by atoms with van der Waals surface area (Å²) in [5, 5.41) is 11.6. The molecule has 0 saturated carbocycles. The number of aliphatic hydroxyl groups is 1. The molecule has 0 amide bonds. The maximum atomic E-state index is 8.46. The third kappa shape index (κ3) is 1.94. The van der Waals surface area contributed by atoms with Crippen LogP contribution in [0.5, 0.6) is 0 Å². The molecule has 0 radical (unpaired) electrons. The van der Waals surface area contributed by atoms with Crippen molar-refractivity contribution in [3.8, 4) is 0 Å². The van der Waals surface area contributed by atoms with Crippen LogP contribution in [0.2, 0.25) is 0 Å². The predicted octanol–water partition coefficient (Wildman–Crippen LogP) is -0.395. The number of aliphatic hydroxyl groups excluding tert-OH is 1. The molecule has 0 aliphatic carbocycles. The Labute approximate surface area is 61.4 Å². The van der Waals surface area contributed by atoms with Crippen molar-refractivity contribution in [1.82, 2.24) is 5.32 Å². The number of ether oxygens (including phenoxy) is 1. The zero-order valence-corrected chi connectivity index (χ0v) is 6.39. The van der Waals surface area contributed by atoms with Crippen LogP contribution in [0.3, 0.4) is 0 Å². The fourth-order valence-corrected chi connectivity index (χ4v) is 1.02. The minimum absolute atomic E-state index is 0.219. The molecule has 1 saturated heterocycles. The molecule has 0 aromatic heterocycles. The number of rotatable bonds is 4. The zero-order valence-electron chi connectivity index (χ0n) is 6.39. The van der Waals surface area contributed by atoms with E-state index in [1.165, 1.54) is 0 Å². The van der Waals surface area contributed by atoms with E-state index < -0.39 is 0 Å². The smallest absolute Gasteiger partial charge is 0.0555 e. The topological polar surface area (TPSA) is 41.5 Å². The summed E-state index contributed by atoms with van der Waals surface area (Å²) in [6.45, 7) is 5.75. The van der Waals surface area contributed by atoms with Crippen LogP contribution in [0.15, 0.2) is 0 Å². The van der Waals surface area contributed by atoms with Crippen molar-refractivity contribution in [2.24, 2.45) is 5.41 Å². The molecular weight excluding hydrogens is 130 g/mol. The quantitative estimate of drug-likeness (QED) is 0.529. The summed E-state index contributed by atoms with van der Waals surface area (Å²) < 4.78 is 5.07. The van der Waals surface area contributed by atoms with Crippen molar-refractivity contribution in [2.45, 2.75) is 6.92 Å². The molecule has 1 fully saturated rings. The Balaban J connectivity index is 2.01. The van der Waals surface area contributed by atoms with Crippen LogP contribution in [-0.4, -0.2) is 38.0 Å². The Hall–Kier alpha value is -0.120. The summed E-state index contributed by atoms with van der Waals surface area (Å²) in [5.41, 5.74) is 0.329. The SMILES string of the molecule is CC1(CNCCO)COC1. The average molecular weight is 145 g/mol. The summed E-state index contributed by atoms with van der Waals surface area (Å²) in [6.07, 6.45) is 0. The molecule has 1 heterocycles. The van der Waals surface area contributed by atoms with Gasteiger partial charge in [-0.25, -0.2) is 0 Å². The van der Waals surface area contributed by atoms with Gasteiger partial charge in [-0.15, -0.1) is 0 Å². The van der Waals surface area contributed by atoms with Crippen molar-refractivity contribution in [3.63, 3.8) is 0 Å². The minimum atomic E-state index is 0.219.